The predicted octanol–water partition coefficient (Wildman–Crippen LogP) is 2.64. The van der Waals surface area contributed by atoms with Crippen molar-refractivity contribution in [2.75, 3.05) is 12.9 Å². The highest BCUT2D eigenvalue weighted by Gasteiger charge is 2.25. The standard InChI is InChI=1S/C16H19N3O2S/c1-21-14-3-2-4-15(7-14)22-10-16(20)18-9-13-8-17-11-19(13)12-5-6-12/h2-4,7-8,11-12H,5-6,9-10H2,1H3,(H,18,20). The summed E-state index contributed by atoms with van der Waals surface area (Å²) in [5, 5.41) is 2.96. The summed E-state index contributed by atoms with van der Waals surface area (Å²) in [6, 6.07) is 8.31. The van der Waals surface area contributed by atoms with Crippen LogP contribution in [0.5, 0.6) is 5.75 Å². The molecule has 1 aromatic heterocycles. The van der Waals surface area contributed by atoms with Crippen LogP contribution in [-0.2, 0) is 11.3 Å². The van der Waals surface area contributed by atoms with Gasteiger partial charge in [0.25, 0.3) is 0 Å². The Morgan fingerprint density at radius 2 is 2.36 bits per heavy atom. The van der Waals surface area contributed by atoms with E-state index in [4.69, 9.17) is 4.74 Å². The van der Waals surface area contributed by atoms with E-state index < -0.39 is 0 Å². The number of aromatic nitrogens is 2. The molecule has 0 saturated heterocycles. The Bertz CT molecular complexity index is 652. The van der Waals surface area contributed by atoms with Crippen molar-refractivity contribution in [2.45, 2.75) is 30.3 Å². The molecule has 6 heteroatoms. The Hall–Kier alpha value is -1.95. The van der Waals surface area contributed by atoms with E-state index in [1.807, 2.05) is 36.8 Å². The number of carbonyl (C=O) groups is 1. The minimum absolute atomic E-state index is 0.0244. The molecule has 1 heterocycles. The van der Waals surface area contributed by atoms with E-state index in [0.29, 0.717) is 18.3 Å². The van der Waals surface area contributed by atoms with Crippen LogP contribution in [0, 0.1) is 0 Å². The van der Waals surface area contributed by atoms with Crippen LogP contribution in [0.1, 0.15) is 24.6 Å². The highest BCUT2D eigenvalue weighted by Crippen LogP contribution is 2.35. The van der Waals surface area contributed by atoms with Crippen LogP contribution < -0.4 is 10.1 Å². The number of benzene rings is 1. The average Bonchev–Trinajstić information content (AvgIpc) is 3.29. The zero-order valence-electron chi connectivity index (χ0n) is 12.5. The Balaban J connectivity index is 1.47. The number of nitrogens with zero attached hydrogens (tertiary/aromatic N) is 2. The number of nitrogens with one attached hydrogen (secondary N) is 1. The normalized spacial score (nSPS) is 13.9. The summed E-state index contributed by atoms with van der Waals surface area (Å²) < 4.78 is 7.34. The van der Waals surface area contributed by atoms with Gasteiger partial charge >= 0.3 is 0 Å². The fourth-order valence-corrected chi connectivity index (χ4v) is 3.00. The van der Waals surface area contributed by atoms with E-state index in [9.17, 15) is 4.79 Å². The second-order valence-corrected chi connectivity index (χ2v) is 6.32. The van der Waals surface area contributed by atoms with Crippen molar-refractivity contribution < 1.29 is 9.53 Å². The summed E-state index contributed by atoms with van der Waals surface area (Å²) in [5.41, 5.74) is 1.07. The lowest BCUT2D eigenvalue weighted by Gasteiger charge is -2.08. The van der Waals surface area contributed by atoms with E-state index in [2.05, 4.69) is 14.9 Å². The fraction of sp³-hybridized carbons (Fsp3) is 0.375. The molecule has 1 aromatic carbocycles. The number of carbonyl (C=O) groups excluding carboxylic acids is 1. The minimum Gasteiger partial charge on any atom is -0.497 e. The smallest absolute Gasteiger partial charge is 0.230 e. The van der Waals surface area contributed by atoms with Gasteiger partial charge in [0.1, 0.15) is 5.75 Å². The molecular weight excluding hydrogens is 298 g/mol. The van der Waals surface area contributed by atoms with Crippen LogP contribution in [-0.4, -0.2) is 28.3 Å². The third-order valence-electron chi connectivity index (χ3n) is 3.56. The molecule has 1 aliphatic carbocycles. The predicted molar refractivity (Wildman–Crippen MR) is 86.1 cm³/mol. The van der Waals surface area contributed by atoms with Crippen molar-refractivity contribution in [1.29, 1.82) is 0 Å². The molecule has 1 saturated carbocycles. The monoisotopic (exact) mass is 317 g/mol. The van der Waals surface area contributed by atoms with Gasteiger partial charge in [-0.05, 0) is 31.0 Å². The van der Waals surface area contributed by atoms with Crippen LogP contribution in [0.4, 0.5) is 0 Å². The van der Waals surface area contributed by atoms with Gasteiger partial charge in [-0.1, -0.05) is 6.07 Å². The molecule has 1 aliphatic rings. The first kappa shape index (κ1) is 15.0. The fourth-order valence-electron chi connectivity index (χ4n) is 2.23. The molecular formula is C16H19N3O2S. The number of ether oxygens (including phenoxy) is 1. The summed E-state index contributed by atoms with van der Waals surface area (Å²) in [5.74, 6) is 1.22. The maximum Gasteiger partial charge on any atom is 0.230 e. The second kappa shape index (κ2) is 6.87. The molecule has 3 rings (SSSR count). The van der Waals surface area contributed by atoms with Gasteiger partial charge in [-0.15, -0.1) is 11.8 Å². The van der Waals surface area contributed by atoms with Crippen molar-refractivity contribution in [3.05, 3.63) is 42.5 Å². The molecule has 0 bridgehead atoms. The molecule has 0 radical (unpaired) electrons. The van der Waals surface area contributed by atoms with Gasteiger partial charge in [0.2, 0.25) is 5.91 Å². The number of rotatable bonds is 7. The van der Waals surface area contributed by atoms with Crippen molar-refractivity contribution in [3.63, 3.8) is 0 Å². The summed E-state index contributed by atoms with van der Waals surface area (Å²) >= 11 is 1.50. The number of thioether (sulfide) groups is 1. The second-order valence-electron chi connectivity index (χ2n) is 5.27. The number of methoxy groups -OCH3 is 1. The van der Waals surface area contributed by atoms with Gasteiger partial charge in [-0.3, -0.25) is 4.79 Å². The number of hydrogen-bond donors (Lipinski definition) is 1. The van der Waals surface area contributed by atoms with Gasteiger partial charge < -0.3 is 14.6 Å². The maximum atomic E-state index is 12.0. The van der Waals surface area contributed by atoms with Gasteiger partial charge in [0, 0.05) is 17.1 Å². The lowest BCUT2D eigenvalue weighted by Crippen LogP contribution is -2.25. The molecule has 1 N–H and O–H groups in total. The van der Waals surface area contributed by atoms with E-state index in [-0.39, 0.29) is 5.91 Å². The van der Waals surface area contributed by atoms with E-state index in [1.165, 1.54) is 24.6 Å². The molecule has 2 aromatic rings. The third-order valence-corrected chi connectivity index (χ3v) is 4.56. The van der Waals surface area contributed by atoms with Gasteiger partial charge in [-0.2, -0.15) is 0 Å². The quantitative estimate of drug-likeness (QED) is 0.798. The number of hydrogen-bond acceptors (Lipinski definition) is 4. The lowest BCUT2D eigenvalue weighted by molar-refractivity contribution is -0.118. The zero-order chi connectivity index (χ0) is 15.4. The van der Waals surface area contributed by atoms with Crippen molar-refractivity contribution in [1.82, 2.24) is 14.9 Å². The highest BCUT2D eigenvalue weighted by atomic mass is 32.2. The summed E-state index contributed by atoms with van der Waals surface area (Å²) in [6.07, 6.45) is 6.10. The first-order valence-electron chi connectivity index (χ1n) is 7.30. The SMILES string of the molecule is COc1cccc(SCC(=O)NCc2cncn2C2CC2)c1. The first-order valence-corrected chi connectivity index (χ1v) is 8.29. The number of imidazole rings is 1. The van der Waals surface area contributed by atoms with E-state index >= 15 is 0 Å². The van der Waals surface area contributed by atoms with Crippen LogP contribution >= 0.6 is 11.8 Å². The molecule has 0 atom stereocenters. The van der Waals surface area contributed by atoms with E-state index in [0.717, 1.165) is 16.3 Å². The third kappa shape index (κ3) is 3.82. The zero-order valence-corrected chi connectivity index (χ0v) is 13.3. The molecule has 1 amide bonds. The Kier molecular flexibility index (Phi) is 4.68. The number of amides is 1. The maximum absolute atomic E-state index is 12.0. The molecule has 5 nitrogen and oxygen atoms in total. The molecule has 0 spiro atoms. The van der Waals surface area contributed by atoms with Gasteiger partial charge in [0.15, 0.2) is 0 Å². The average molecular weight is 317 g/mol. The summed E-state index contributed by atoms with van der Waals surface area (Å²) in [4.78, 5) is 17.2. The largest absolute Gasteiger partial charge is 0.497 e. The molecule has 0 unspecified atom stereocenters. The summed E-state index contributed by atoms with van der Waals surface area (Å²) in [6.45, 7) is 0.536. The Morgan fingerprint density at radius 1 is 1.50 bits per heavy atom. The van der Waals surface area contributed by atoms with Gasteiger partial charge in [-0.25, -0.2) is 4.98 Å². The van der Waals surface area contributed by atoms with Crippen molar-refractivity contribution >= 4 is 17.7 Å². The molecule has 1 fully saturated rings. The minimum atomic E-state index is 0.0244. The Morgan fingerprint density at radius 3 is 3.14 bits per heavy atom. The highest BCUT2D eigenvalue weighted by molar-refractivity contribution is 8.00. The van der Waals surface area contributed by atoms with Crippen LogP contribution in [0.2, 0.25) is 0 Å². The van der Waals surface area contributed by atoms with Crippen LogP contribution in [0.3, 0.4) is 0 Å². The van der Waals surface area contributed by atoms with Crippen molar-refractivity contribution in [2.24, 2.45) is 0 Å². The lowest BCUT2D eigenvalue weighted by atomic mass is 10.3. The van der Waals surface area contributed by atoms with E-state index in [1.54, 1.807) is 7.11 Å². The molecule has 22 heavy (non-hydrogen) atoms. The summed E-state index contributed by atoms with van der Waals surface area (Å²) in [7, 11) is 1.64. The van der Waals surface area contributed by atoms with Crippen LogP contribution in [0.15, 0.2) is 41.7 Å². The van der Waals surface area contributed by atoms with Crippen LogP contribution in [0.25, 0.3) is 0 Å². The van der Waals surface area contributed by atoms with Crippen molar-refractivity contribution in [3.8, 4) is 5.75 Å². The Labute approximate surface area is 134 Å². The molecule has 116 valence electrons. The topological polar surface area (TPSA) is 56.1 Å². The first-order chi connectivity index (χ1) is 10.8. The molecule has 0 aliphatic heterocycles. The van der Waals surface area contributed by atoms with Gasteiger partial charge in [0.05, 0.1) is 31.4 Å².